The van der Waals surface area contributed by atoms with Crippen molar-refractivity contribution >= 4 is 4.72 Å². The second-order valence-electron chi connectivity index (χ2n) is 5.23. The van der Waals surface area contributed by atoms with Crippen molar-refractivity contribution in [1.29, 1.82) is 0 Å². The van der Waals surface area contributed by atoms with Gasteiger partial charge in [-0.1, -0.05) is 0 Å². The summed E-state index contributed by atoms with van der Waals surface area (Å²) in [5.74, 6) is -0.215. The van der Waals surface area contributed by atoms with Crippen molar-refractivity contribution in [2.45, 2.75) is 40.2 Å². The Morgan fingerprint density at radius 2 is 1.94 bits per heavy atom. The molecule has 1 rings (SSSR count). The molecule has 0 atom stereocenters. The maximum absolute atomic E-state index is 11.9. The van der Waals surface area contributed by atoms with Gasteiger partial charge in [0.05, 0.1) is 0 Å². The number of carbonyl (C=O) groups excluding carboxylic acids is 1. The van der Waals surface area contributed by atoms with Crippen molar-refractivity contribution in [1.82, 2.24) is 4.37 Å². The van der Waals surface area contributed by atoms with Crippen LogP contribution in [-0.4, -0.2) is 4.72 Å². The van der Waals surface area contributed by atoms with Gasteiger partial charge in [0.1, 0.15) is 0 Å². The van der Waals surface area contributed by atoms with Gasteiger partial charge >= 0.3 is 113 Å². The molecule has 0 saturated heterocycles. The average molecular weight is 294 g/mol. The summed E-state index contributed by atoms with van der Waals surface area (Å²) in [5.41, 5.74) is 1.69. The van der Waals surface area contributed by atoms with Gasteiger partial charge in [0.15, 0.2) is 0 Å². The number of hydrogen-bond donors (Lipinski definition) is 1. The van der Waals surface area contributed by atoms with E-state index in [0.29, 0.717) is 0 Å². The fraction of sp³-hybridized carbons (Fsp3) is 0.500. The Bertz CT molecular complexity index is 467. The summed E-state index contributed by atoms with van der Waals surface area (Å²) in [6.45, 7) is 9.40. The zero-order chi connectivity index (χ0) is 13.9. The van der Waals surface area contributed by atoms with E-state index in [4.69, 9.17) is 0 Å². The van der Waals surface area contributed by atoms with Crippen LogP contribution in [-0.2, 0) is 28.0 Å². The van der Waals surface area contributed by atoms with Gasteiger partial charge in [0, 0.05) is 0 Å². The Kier molecular flexibility index (Phi) is 4.96. The molecule has 18 heavy (non-hydrogen) atoms. The van der Waals surface area contributed by atoms with Crippen LogP contribution >= 0.6 is 0 Å². The van der Waals surface area contributed by atoms with Gasteiger partial charge in [-0.2, -0.15) is 0 Å². The van der Waals surface area contributed by atoms with Crippen LogP contribution in [0.2, 0.25) is 0 Å². The summed E-state index contributed by atoms with van der Waals surface area (Å²) in [6.07, 6.45) is 0. The van der Waals surface area contributed by atoms with E-state index in [2.05, 4.69) is 4.37 Å². The minimum atomic E-state index is -2.02. The monoisotopic (exact) mass is 294 g/mol. The predicted octanol–water partition coefficient (Wildman–Crippen LogP) is 2.88. The van der Waals surface area contributed by atoms with Gasteiger partial charge in [-0.05, 0) is 0 Å². The van der Waals surface area contributed by atoms with Gasteiger partial charge in [-0.25, -0.2) is 0 Å². The molecule has 1 aromatic carbocycles. The Balaban J connectivity index is 2.88. The third-order valence-electron chi connectivity index (χ3n) is 2.60. The van der Waals surface area contributed by atoms with Gasteiger partial charge < -0.3 is 0 Å². The number of nitrogens with one attached hydrogen (secondary N) is 1. The Morgan fingerprint density at radius 3 is 2.44 bits per heavy atom. The van der Waals surface area contributed by atoms with Crippen LogP contribution < -0.4 is 4.37 Å². The predicted molar refractivity (Wildman–Crippen MR) is 67.9 cm³/mol. The molecule has 4 heteroatoms. The van der Waals surface area contributed by atoms with Crippen LogP contribution in [0.3, 0.4) is 0 Å². The molecule has 0 radical (unpaired) electrons. The molecule has 0 bridgehead atoms. The summed E-state index contributed by atoms with van der Waals surface area (Å²) < 4.78 is 14.6. The number of rotatable bonds is 5. The molecule has 3 nitrogen and oxygen atoms in total. The van der Waals surface area contributed by atoms with Crippen molar-refractivity contribution < 1.29 is 22.5 Å². The first-order valence-corrected chi connectivity index (χ1v) is 7.40. The van der Waals surface area contributed by atoms with Crippen LogP contribution in [0.15, 0.2) is 24.3 Å². The quantitative estimate of drug-likeness (QED) is 0.908. The van der Waals surface area contributed by atoms with Gasteiger partial charge in [0.25, 0.3) is 0 Å². The molecule has 0 aliphatic carbocycles. The van der Waals surface area contributed by atoms with Crippen LogP contribution in [0.1, 0.15) is 38.8 Å². The van der Waals surface area contributed by atoms with Crippen molar-refractivity contribution in [2.75, 3.05) is 0 Å². The van der Waals surface area contributed by atoms with Gasteiger partial charge in [-0.3, -0.25) is 0 Å². The first kappa shape index (κ1) is 15.2. The Labute approximate surface area is 113 Å². The molecule has 0 amide bonds. The third-order valence-corrected chi connectivity index (χ3v) is 4.56. The molecule has 0 saturated carbocycles. The molecule has 0 heterocycles. The molecular weight excluding hydrogens is 273 g/mol. The van der Waals surface area contributed by atoms with E-state index in [1.165, 1.54) is 0 Å². The Hall–Kier alpha value is -0.844. The molecule has 1 N–H and O–H groups in total. The van der Waals surface area contributed by atoms with E-state index in [9.17, 15) is 8.66 Å². The SMILES string of the molecule is Cc1cccc(C(C)(C)[NH][Co](=[O])[C](=O)C(C)C)c1. The summed E-state index contributed by atoms with van der Waals surface area (Å²) in [4.78, 5) is 11.7. The summed E-state index contributed by atoms with van der Waals surface area (Å²) in [7, 11) is 0. The molecule has 103 valence electrons. The molecule has 0 aliphatic rings. The van der Waals surface area contributed by atoms with E-state index >= 15 is 0 Å². The van der Waals surface area contributed by atoms with Gasteiger partial charge in [0.2, 0.25) is 0 Å². The second-order valence-corrected chi connectivity index (χ2v) is 6.69. The summed E-state index contributed by atoms with van der Waals surface area (Å²) in [5, 5.41) is 0. The van der Waals surface area contributed by atoms with Crippen molar-refractivity contribution in [3.63, 3.8) is 0 Å². The number of carbonyl (C=O) groups is 1. The molecule has 0 fully saturated rings. The van der Waals surface area contributed by atoms with E-state index in [0.717, 1.165) is 11.1 Å². The fourth-order valence-corrected chi connectivity index (χ4v) is 2.90. The van der Waals surface area contributed by atoms with Crippen LogP contribution in [0.25, 0.3) is 0 Å². The van der Waals surface area contributed by atoms with Crippen LogP contribution in [0.4, 0.5) is 0 Å². The van der Waals surface area contributed by atoms with Crippen LogP contribution in [0.5, 0.6) is 0 Å². The zero-order valence-corrected chi connectivity index (χ0v) is 12.6. The number of aryl methyl sites for hydroxylation is 1. The topological polar surface area (TPSA) is 46.2 Å². The normalized spacial score (nSPS) is 12.7. The van der Waals surface area contributed by atoms with Crippen LogP contribution in [0, 0.1) is 12.8 Å². The summed E-state index contributed by atoms with van der Waals surface area (Å²) in [6, 6.07) is 7.99. The average Bonchev–Trinajstić information content (AvgIpc) is 2.27. The fourth-order valence-electron chi connectivity index (χ4n) is 1.49. The molecule has 0 spiro atoms. The van der Waals surface area contributed by atoms with E-state index in [1.54, 1.807) is 13.8 Å². The first-order chi connectivity index (χ1) is 8.24. The first-order valence-electron chi connectivity index (χ1n) is 5.94. The van der Waals surface area contributed by atoms with Gasteiger partial charge in [-0.15, -0.1) is 0 Å². The van der Waals surface area contributed by atoms with E-state index in [1.807, 2.05) is 45.0 Å². The second kappa shape index (κ2) is 5.86. The standard InChI is InChI=1S/C10H14N.C4H7O.Co.O/c1-8-5-4-6-9(7-8)10(2,3)11;1-4(2)3-5;;/h4-7,11H,1-3H3;4H,1-2H3;;/q-1;;+1;. The minimum absolute atomic E-state index is 0.215. The van der Waals surface area contributed by atoms with Crippen molar-refractivity contribution in [3.05, 3.63) is 35.4 Å². The molecular formula is C14H21CoNO2. The molecule has 0 unspecified atom stereocenters. The number of benzene rings is 1. The van der Waals surface area contributed by atoms with Crippen molar-refractivity contribution in [3.8, 4) is 0 Å². The number of hydrogen-bond acceptors (Lipinski definition) is 2. The zero-order valence-electron chi connectivity index (χ0n) is 11.5. The van der Waals surface area contributed by atoms with E-state index in [-0.39, 0.29) is 10.6 Å². The van der Waals surface area contributed by atoms with Crippen molar-refractivity contribution in [2.24, 2.45) is 5.92 Å². The third kappa shape index (κ3) is 3.83. The maximum atomic E-state index is 11.9. The molecule has 1 aromatic rings. The summed E-state index contributed by atoms with van der Waals surface area (Å²) >= 11 is -2.02. The molecule has 0 aliphatic heterocycles. The molecule has 0 aromatic heterocycles. The van der Waals surface area contributed by atoms with E-state index < -0.39 is 19.3 Å². The Morgan fingerprint density at radius 1 is 1.33 bits per heavy atom.